The van der Waals surface area contributed by atoms with Gasteiger partial charge in [-0.15, -0.1) is 0 Å². The maximum absolute atomic E-state index is 4.96. The number of quaternary nitrogens is 1. The molecule has 6 nitrogen and oxygen atoms in total. The fourth-order valence-electron chi connectivity index (χ4n) is 5.20. The lowest BCUT2D eigenvalue weighted by atomic mass is 9.91. The number of imidazole rings is 1. The lowest BCUT2D eigenvalue weighted by Crippen LogP contribution is -3.10. The van der Waals surface area contributed by atoms with E-state index in [1.807, 2.05) is 6.20 Å². The zero-order chi connectivity index (χ0) is 20.7. The van der Waals surface area contributed by atoms with Crippen LogP contribution in [0.25, 0.3) is 5.65 Å². The molecule has 0 saturated carbocycles. The Labute approximate surface area is 179 Å². The molecule has 0 radical (unpaired) electrons. The number of hydrogen-bond acceptors (Lipinski definition) is 4. The minimum absolute atomic E-state index is 0.377. The molecule has 158 valence electrons. The monoisotopic (exact) mass is 405 g/mol. The maximum Gasteiger partial charge on any atom is 0.138 e. The molecule has 0 aromatic carbocycles. The SMILES string of the molecule is CN(Cc1cn2c(N3CCC([NH+](C)C)C3)cccc2n1)C1CCCc2cccnc21. The van der Waals surface area contributed by atoms with E-state index in [9.17, 15) is 0 Å². The summed E-state index contributed by atoms with van der Waals surface area (Å²) in [6.07, 6.45) is 8.96. The largest absolute Gasteiger partial charge is 0.351 e. The van der Waals surface area contributed by atoms with Gasteiger partial charge in [-0.1, -0.05) is 12.1 Å². The fraction of sp³-hybridized carbons (Fsp3) is 0.500. The number of hydrogen-bond donors (Lipinski definition) is 1. The van der Waals surface area contributed by atoms with Crippen LogP contribution in [0.15, 0.2) is 42.7 Å². The van der Waals surface area contributed by atoms with Gasteiger partial charge in [-0.05, 0) is 50.1 Å². The molecule has 3 aromatic heterocycles. The zero-order valence-corrected chi connectivity index (χ0v) is 18.4. The van der Waals surface area contributed by atoms with E-state index in [1.165, 1.54) is 36.3 Å². The van der Waals surface area contributed by atoms with Crippen molar-refractivity contribution in [1.29, 1.82) is 0 Å². The molecule has 30 heavy (non-hydrogen) atoms. The van der Waals surface area contributed by atoms with E-state index >= 15 is 0 Å². The van der Waals surface area contributed by atoms with E-state index in [2.05, 4.69) is 71.9 Å². The quantitative estimate of drug-likeness (QED) is 0.705. The van der Waals surface area contributed by atoms with Crippen LogP contribution in [0.4, 0.5) is 5.82 Å². The molecule has 6 heteroatoms. The molecular formula is C24H33N6+. The van der Waals surface area contributed by atoms with E-state index in [4.69, 9.17) is 9.97 Å². The molecule has 0 bridgehead atoms. The third-order valence-corrected chi connectivity index (χ3v) is 6.96. The smallest absolute Gasteiger partial charge is 0.138 e. The molecule has 4 heterocycles. The summed E-state index contributed by atoms with van der Waals surface area (Å²) < 4.78 is 2.28. The first kappa shape index (κ1) is 19.5. The third kappa shape index (κ3) is 3.59. The molecule has 0 amide bonds. The van der Waals surface area contributed by atoms with Crippen LogP contribution in [0.2, 0.25) is 0 Å². The number of aryl methyl sites for hydroxylation is 1. The average molecular weight is 406 g/mol. The summed E-state index contributed by atoms with van der Waals surface area (Å²) in [4.78, 5) is 16.2. The molecule has 2 atom stereocenters. The predicted molar refractivity (Wildman–Crippen MR) is 120 cm³/mol. The van der Waals surface area contributed by atoms with Crippen LogP contribution in [0.1, 0.15) is 42.3 Å². The second kappa shape index (κ2) is 8.00. The van der Waals surface area contributed by atoms with Gasteiger partial charge in [0.25, 0.3) is 0 Å². The Morgan fingerprint density at radius 1 is 1.17 bits per heavy atom. The van der Waals surface area contributed by atoms with Gasteiger partial charge >= 0.3 is 0 Å². The Hall–Kier alpha value is -2.44. The highest BCUT2D eigenvalue weighted by Crippen LogP contribution is 2.32. The van der Waals surface area contributed by atoms with Gasteiger partial charge in [0.15, 0.2) is 0 Å². The first-order valence-corrected chi connectivity index (χ1v) is 11.3. The van der Waals surface area contributed by atoms with Gasteiger partial charge in [0.05, 0.1) is 38.1 Å². The van der Waals surface area contributed by atoms with Crippen molar-refractivity contribution in [2.75, 3.05) is 39.1 Å². The van der Waals surface area contributed by atoms with E-state index < -0.39 is 0 Å². The van der Waals surface area contributed by atoms with Crippen molar-refractivity contribution in [2.24, 2.45) is 0 Å². The molecule has 1 aliphatic heterocycles. The molecule has 3 aromatic rings. The van der Waals surface area contributed by atoms with Crippen LogP contribution in [-0.2, 0) is 13.0 Å². The summed E-state index contributed by atoms with van der Waals surface area (Å²) >= 11 is 0. The van der Waals surface area contributed by atoms with Gasteiger partial charge in [0, 0.05) is 31.9 Å². The van der Waals surface area contributed by atoms with E-state index in [-0.39, 0.29) is 0 Å². The number of rotatable bonds is 5. The maximum atomic E-state index is 4.96. The van der Waals surface area contributed by atoms with Crippen LogP contribution in [0, 0.1) is 0 Å². The number of aromatic nitrogens is 3. The van der Waals surface area contributed by atoms with Crippen molar-refractivity contribution in [3.63, 3.8) is 0 Å². The van der Waals surface area contributed by atoms with Crippen molar-refractivity contribution in [1.82, 2.24) is 19.3 Å². The molecule has 2 aliphatic rings. The van der Waals surface area contributed by atoms with Crippen LogP contribution in [-0.4, -0.2) is 59.5 Å². The Kier molecular flexibility index (Phi) is 5.21. The Balaban J connectivity index is 1.38. The molecule has 1 N–H and O–H groups in total. The number of nitrogens with zero attached hydrogens (tertiary/aromatic N) is 5. The van der Waals surface area contributed by atoms with Crippen LogP contribution in [0.3, 0.4) is 0 Å². The van der Waals surface area contributed by atoms with Crippen molar-refractivity contribution in [3.05, 3.63) is 59.7 Å². The van der Waals surface area contributed by atoms with Crippen molar-refractivity contribution >= 4 is 11.5 Å². The molecule has 2 unspecified atom stereocenters. The molecule has 1 fully saturated rings. The van der Waals surface area contributed by atoms with Gasteiger partial charge in [0.1, 0.15) is 17.5 Å². The minimum Gasteiger partial charge on any atom is -0.351 e. The zero-order valence-electron chi connectivity index (χ0n) is 18.4. The summed E-state index contributed by atoms with van der Waals surface area (Å²) in [7, 11) is 6.74. The molecule has 1 saturated heterocycles. The van der Waals surface area contributed by atoms with Crippen molar-refractivity contribution < 1.29 is 4.90 Å². The Morgan fingerprint density at radius 3 is 2.90 bits per heavy atom. The topological polar surface area (TPSA) is 41.1 Å². The van der Waals surface area contributed by atoms with Gasteiger partial charge in [-0.2, -0.15) is 0 Å². The van der Waals surface area contributed by atoms with Gasteiger partial charge in [-0.3, -0.25) is 14.3 Å². The fourth-order valence-corrected chi connectivity index (χ4v) is 5.20. The van der Waals surface area contributed by atoms with Gasteiger partial charge in [-0.25, -0.2) is 4.98 Å². The molecule has 5 rings (SSSR count). The van der Waals surface area contributed by atoms with Crippen LogP contribution < -0.4 is 9.80 Å². The highest BCUT2D eigenvalue weighted by molar-refractivity contribution is 5.53. The number of nitrogens with one attached hydrogen (secondary N) is 1. The second-order valence-electron chi connectivity index (χ2n) is 9.22. The normalized spacial score (nSPS) is 21.7. The van der Waals surface area contributed by atoms with Crippen molar-refractivity contribution in [3.8, 4) is 0 Å². The number of anilines is 1. The second-order valence-corrected chi connectivity index (χ2v) is 9.22. The van der Waals surface area contributed by atoms with Gasteiger partial charge < -0.3 is 9.80 Å². The molecule has 1 aliphatic carbocycles. The van der Waals surface area contributed by atoms with E-state index in [0.29, 0.717) is 12.1 Å². The number of pyridine rings is 2. The lowest BCUT2D eigenvalue weighted by molar-refractivity contribution is -0.882. The highest BCUT2D eigenvalue weighted by atomic mass is 15.3. The average Bonchev–Trinajstić information content (AvgIpc) is 3.40. The first-order chi connectivity index (χ1) is 14.6. The standard InChI is InChI=1S/C24H32N6/c1-27(2)20-12-14-29(17-20)23-11-5-10-22-26-19(16-30(22)23)15-28(3)21-9-4-7-18-8-6-13-25-24(18)21/h5-6,8,10-11,13,16,20-21H,4,7,9,12,14-15,17H2,1-3H3/p+1. The molecular weight excluding hydrogens is 372 g/mol. The Bertz CT molecular complexity index is 1030. The lowest BCUT2D eigenvalue weighted by Gasteiger charge is -2.31. The predicted octanol–water partition coefficient (Wildman–Crippen LogP) is 1.96. The number of likely N-dealkylation sites (N-methyl/N-ethyl adjacent to an activating group) is 1. The highest BCUT2D eigenvalue weighted by Gasteiger charge is 2.29. The first-order valence-electron chi connectivity index (χ1n) is 11.3. The van der Waals surface area contributed by atoms with Gasteiger partial charge in [0.2, 0.25) is 0 Å². The number of fused-ring (bicyclic) bond motifs is 2. The summed E-state index contributed by atoms with van der Waals surface area (Å²) in [5.74, 6) is 1.27. The summed E-state index contributed by atoms with van der Waals surface area (Å²) in [5, 5.41) is 0. The van der Waals surface area contributed by atoms with E-state index in [0.717, 1.165) is 37.4 Å². The summed E-state index contributed by atoms with van der Waals surface area (Å²) in [6.45, 7) is 3.07. The third-order valence-electron chi connectivity index (χ3n) is 6.96. The van der Waals surface area contributed by atoms with E-state index in [1.54, 1.807) is 4.90 Å². The van der Waals surface area contributed by atoms with Crippen LogP contribution in [0.5, 0.6) is 0 Å². The molecule has 0 spiro atoms. The summed E-state index contributed by atoms with van der Waals surface area (Å²) in [5.41, 5.74) is 4.83. The minimum atomic E-state index is 0.377. The van der Waals surface area contributed by atoms with Crippen molar-refractivity contribution in [2.45, 2.75) is 44.3 Å². The Morgan fingerprint density at radius 2 is 2.07 bits per heavy atom. The summed E-state index contributed by atoms with van der Waals surface area (Å²) in [6, 6.07) is 11.9. The van der Waals surface area contributed by atoms with Crippen LogP contribution >= 0.6 is 0 Å².